The first-order chi connectivity index (χ1) is 14.0. The van der Waals surface area contributed by atoms with Crippen LogP contribution in [-0.4, -0.2) is 10.8 Å². The Hall–Kier alpha value is -3.00. The molecule has 2 heterocycles. The van der Waals surface area contributed by atoms with Crippen LogP contribution in [0.5, 0.6) is 0 Å². The maximum Gasteiger partial charge on any atom is 0.237 e. The lowest BCUT2D eigenvalue weighted by Crippen LogP contribution is -1.97. The van der Waals surface area contributed by atoms with Crippen molar-refractivity contribution in [3.8, 4) is 6.07 Å². The highest BCUT2D eigenvalue weighted by Gasteiger charge is 2.14. The normalized spacial score (nSPS) is 11.4. The second-order valence-corrected chi connectivity index (χ2v) is 7.63. The van der Waals surface area contributed by atoms with Gasteiger partial charge in [0.1, 0.15) is 17.4 Å². The number of furan rings is 1. The summed E-state index contributed by atoms with van der Waals surface area (Å²) in [4.78, 5) is 4.46. The zero-order valence-corrected chi connectivity index (χ0v) is 17.4. The standard InChI is InChI=1S/C23H17Cl2N3O/c1-14-15(2)29-23(19(14)10-26)27-11-17-13-28(22-6-4-3-5-18(17)22)12-16-7-8-20(24)21(25)9-16/h3-9,11,13H,12H2,1-2H3. The minimum atomic E-state index is 0.337. The van der Waals surface area contributed by atoms with Crippen molar-refractivity contribution in [3.05, 3.63) is 86.7 Å². The number of rotatable bonds is 4. The summed E-state index contributed by atoms with van der Waals surface area (Å²) >= 11 is 12.2. The third kappa shape index (κ3) is 3.67. The van der Waals surface area contributed by atoms with Crippen molar-refractivity contribution >= 4 is 46.2 Å². The number of aromatic nitrogens is 1. The molecule has 2 aromatic carbocycles. The maximum atomic E-state index is 9.38. The molecule has 0 N–H and O–H groups in total. The quantitative estimate of drug-likeness (QED) is 0.339. The molecule has 6 heteroatoms. The number of aryl methyl sites for hydroxylation is 1. The van der Waals surface area contributed by atoms with Crippen LogP contribution in [0.3, 0.4) is 0 Å². The van der Waals surface area contributed by atoms with Crippen molar-refractivity contribution in [2.75, 3.05) is 0 Å². The molecule has 144 valence electrons. The molecule has 0 fully saturated rings. The molecule has 4 aromatic rings. The summed E-state index contributed by atoms with van der Waals surface area (Å²) in [6, 6.07) is 15.9. The van der Waals surface area contributed by atoms with E-state index in [1.807, 2.05) is 50.4 Å². The predicted molar refractivity (Wildman–Crippen MR) is 118 cm³/mol. The molecule has 0 saturated carbocycles. The van der Waals surface area contributed by atoms with E-state index in [1.54, 1.807) is 12.3 Å². The Morgan fingerprint density at radius 3 is 2.69 bits per heavy atom. The predicted octanol–water partition coefficient (Wildman–Crippen LogP) is 6.83. The van der Waals surface area contributed by atoms with Crippen LogP contribution in [0.25, 0.3) is 10.9 Å². The molecule has 0 aliphatic carbocycles. The van der Waals surface area contributed by atoms with Crippen molar-refractivity contribution < 1.29 is 4.42 Å². The SMILES string of the molecule is Cc1oc(N=Cc2cn(Cc3ccc(Cl)c(Cl)c3)c3ccccc23)c(C#N)c1C. The minimum absolute atomic E-state index is 0.337. The van der Waals surface area contributed by atoms with Gasteiger partial charge in [-0.3, -0.25) is 0 Å². The first-order valence-electron chi connectivity index (χ1n) is 9.04. The summed E-state index contributed by atoms with van der Waals surface area (Å²) in [6.45, 7) is 4.34. The number of benzene rings is 2. The Balaban J connectivity index is 1.74. The summed E-state index contributed by atoms with van der Waals surface area (Å²) in [5.74, 6) is 1.04. The van der Waals surface area contributed by atoms with Gasteiger partial charge < -0.3 is 8.98 Å². The molecule has 0 radical (unpaired) electrons. The lowest BCUT2D eigenvalue weighted by molar-refractivity contribution is 0.542. The van der Waals surface area contributed by atoms with Crippen LogP contribution in [0.2, 0.25) is 10.0 Å². The van der Waals surface area contributed by atoms with Crippen LogP contribution < -0.4 is 0 Å². The Labute approximate surface area is 178 Å². The largest absolute Gasteiger partial charge is 0.442 e. The first-order valence-corrected chi connectivity index (χ1v) is 9.79. The Kier molecular flexibility index (Phi) is 5.19. The second-order valence-electron chi connectivity index (χ2n) is 6.81. The summed E-state index contributed by atoms with van der Waals surface area (Å²) in [5.41, 5.74) is 4.36. The van der Waals surface area contributed by atoms with Gasteiger partial charge in [-0.15, -0.1) is 0 Å². The van der Waals surface area contributed by atoms with Gasteiger partial charge in [-0.05, 0) is 37.6 Å². The smallest absolute Gasteiger partial charge is 0.237 e. The number of hydrogen-bond donors (Lipinski definition) is 0. The molecular weight excluding hydrogens is 405 g/mol. The van der Waals surface area contributed by atoms with Gasteiger partial charge in [0, 0.05) is 41.0 Å². The van der Waals surface area contributed by atoms with Crippen molar-refractivity contribution in [2.45, 2.75) is 20.4 Å². The van der Waals surface area contributed by atoms with Gasteiger partial charge in [-0.1, -0.05) is 47.5 Å². The molecule has 4 nitrogen and oxygen atoms in total. The van der Waals surface area contributed by atoms with E-state index < -0.39 is 0 Å². The van der Waals surface area contributed by atoms with E-state index >= 15 is 0 Å². The number of hydrogen-bond acceptors (Lipinski definition) is 3. The Bertz CT molecular complexity index is 1290. The molecule has 0 aliphatic heterocycles. The van der Waals surface area contributed by atoms with Crippen LogP contribution >= 0.6 is 23.2 Å². The van der Waals surface area contributed by atoms with Gasteiger partial charge in [-0.2, -0.15) is 5.26 Å². The molecule has 0 saturated heterocycles. The lowest BCUT2D eigenvalue weighted by Gasteiger charge is -2.06. The minimum Gasteiger partial charge on any atom is -0.442 e. The van der Waals surface area contributed by atoms with Crippen LogP contribution in [-0.2, 0) is 6.54 Å². The molecule has 0 amide bonds. The fourth-order valence-electron chi connectivity index (χ4n) is 3.30. The van der Waals surface area contributed by atoms with E-state index in [9.17, 15) is 5.26 Å². The summed E-state index contributed by atoms with van der Waals surface area (Å²) in [6.07, 6.45) is 3.78. The Morgan fingerprint density at radius 1 is 1.14 bits per heavy atom. The molecular formula is C23H17Cl2N3O. The average molecular weight is 422 g/mol. The van der Waals surface area contributed by atoms with E-state index in [2.05, 4.69) is 21.7 Å². The van der Waals surface area contributed by atoms with Crippen molar-refractivity contribution in [1.29, 1.82) is 5.26 Å². The monoisotopic (exact) mass is 421 g/mol. The third-order valence-electron chi connectivity index (χ3n) is 4.96. The maximum absolute atomic E-state index is 9.38. The first kappa shape index (κ1) is 19.3. The van der Waals surface area contributed by atoms with Gasteiger partial charge in [-0.25, -0.2) is 4.99 Å². The average Bonchev–Trinajstić information content (AvgIpc) is 3.20. The molecule has 4 rings (SSSR count). The molecule has 0 spiro atoms. The summed E-state index contributed by atoms with van der Waals surface area (Å²) in [7, 11) is 0. The van der Waals surface area contributed by atoms with Gasteiger partial charge >= 0.3 is 0 Å². The topological polar surface area (TPSA) is 54.2 Å². The van der Waals surface area contributed by atoms with Gasteiger partial charge in [0.05, 0.1) is 10.0 Å². The van der Waals surface area contributed by atoms with E-state index in [0.29, 0.717) is 33.8 Å². The second kappa shape index (κ2) is 7.79. The third-order valence-corrected chi connectivity index (χ3v) is 5.69. The van der Waals surface area contributed by atoms with Crippen LogP contribution in [0, 0.1) is 25.2 Å². The van der Waals surface area contributed by atoms with E-state index in [4.69, 9.17) is 27.6 Å². The highest BCUT2D eigenvalue weighted by molar-refractivity contribution is 6.42. The van der Waals surface area contributed by atoms with E-state index in [1.165, 1.54) is 0 Å². The molecule has 0 atom stereocenters. The lowest BCUT2D eigenvalue weighted by atomic mass is 10.2. The van der Waals surface area contributed by atoms with Crippen molar-refractivity contribution in [1.82, 2.24) is 4.57 Å². The van der Waals surface area contributed by atoms with Gasteiger partial charge in [0.2, 0.25) is 5.88 Å². The van der Waals surface area contributed by atoms with Gasteiger partial charge in [0.25, 0.3) is 0 Å². The summed E-state index contributed by atoms with van der Waals surface area (Å²) < 4.78 is 7.78. The number of halogens is 2. The zero-order valence-electron chi connectivity index (χ0n) is 15.9. The number of para-hydroxylation sites is 1. The fourth-order valence-corrected chi connectivity index (χ4v) is 3.62. The highest BCUT2D eigenvalue weighted by Crippen LogP contribution is 2.29. The van der Waals surface area contributed by atoms with Crippen LogP contribution in [0.1, 0.15) is 28.0 Å². The Morgan fingerprint density at radius 2 is 1.93 bits per heavy atom. The van der Waals surface area contributed by atoms with Crippen molar-refractivity contribution in [2.24, 2.45) is 4.99 Å². The van der Waals surface area contributed by atoms with E-state index in [0.717, 1.165) is 27.6 Å². The van der Waals surface area contributed by atoms with Crippen LogP contribution in [0.15, 0.2) is 58.1 Å². The molecule has 0 aliphatic rings. The number of nitriles is 1. The van der Waals surface area contributed by atoms with Crippen LogP contribution in [0.4, 0.5) is 5.88 Å². The molecule has 0 bridgehead atoms. The molecule has 0 unspecified atom stereocenters. The number of nitrogens with zero attached hydrogens (tertiary/aromatic N) is 3. The number of aliphatic imine (C=N–C) groups is 1. The van der Waals surface area contributed by atoms with Gasteiger partial charge in [0.15, 0.2) is 0 Å². The summed E-state index contributed by atoms with van der Waals surface area (Å²) in [5, 5.41) is 11.5. The molecule has 29 heavy (non-hydrogen) atoms. The number of fused-ring (bicyclic) bond motifs is 1. The zero-order chi connectivity index (χ0) is 20.5. The van der Waals surface area contributed by atoms with Crippen molar-refractivity contribution in [3.63, 3.8) is 0 Å². The molecule has 2 aromatic heterocycles. The highest BCUT2D eigenvalue weighted by atomic mass is 35.5. The van der Waals surface area contributed by atoms with E-state index in [-0.39, 0.29) is 0 Å². The fraction of sp³-hybridized carbons (Fsp3) is 0.130.